The molecule has 0 heterocycles. The minimum atomic E-state index is -0.715. The molecule has 108 valence electrons. The second-order valence-corrected chi connectivity index (χ2v) is 6.24. The van der Waals surface area contributed by atoms with E-state index in [0.717, 1.165) is 74.5 Å². The number of phenols is 1. The maximum Gasteiger partial charge on any atom is 0.314 e. The number of rotatable bonds is 2. The molecule has 1 fully saturated rings. The number of carboxylic acids is 1. The fourth-order valence-electron chi connectivity index (χ4n) is 4.05. The highest BCUT2D eigenvalue weighted by molar-refractivity contribution is 5.82. The average Bonchev–Trinajstić information content (AvgIpc) is 2.48. The summed E-state index contributed by atoms with van der Waals surface area (Å²) in [5.41, 5.74) is 2.39. The van der Waals surface area contributed by atoms with Gasteiger partial charge >= 0.3 is 5.97 Å². The molecule has 0 radical (unpaired) electrons. The lowest BCUT2D eigenvalue weighted by Crippen LogP contribution is -2.39. The zero-order valence-corrected chi connectivity index (χ0v) is 11.8. The van der Waals surface area contributed by atoms with Crippen molar-refractivity contribution in [3.05, 3.63) is 28.8 Å². The van der Waals surface area contributed by atoms with Crippen molar-refractivity contribution in [2.75, 3.05) is 0 Å². The Bertz CT molecular complexity index is 527. The maximum atomic E-state index is 12.0. The normalized spacial score (nSPS) is 21.2. The molecule has 0 spiro atoms. The molecule has 3 nitrogen and oxygen atoms in total. The lowest BCUT2D eigenvalue weighted by Gasteiger charge is -2.36. The van der Waals surface area contributed by atoms with Crippen molar-refractivity contribution in [2.45, 2.75) is 63.2 Å². The molecule has 0 unspecified atom stereocenters. The SMILES string of the molecule is O=C(O)C1(c2ccc(O)c3c2CCCC3)CCCCC1. The summed E-state index contributed by atoms with van der Waals surface area (Å²) in [6.45, 7) is 0. The third kappa shape index (κ3) is 2.00. The molecule has 0 amide bonds. The van der Waals surface area contributed by atoms with Crippen LogP contribution in [0.15, 0.2) is 12.1 Å². The van der Waals surface area contributed by atoms with Crippen molar-refractivity contribution in [2.24, 2.45) is 0 Å². The van der Waals surface area contributed by atoms with Crippen LogP contribution < -0.4 is 0 Å². The predicted octanol–water partition coefficient (Wildman–Crippen LogP) is 3.56. The molecule has 0 bridgehead atoms. The molecule has 0 aromatic heterocycles. The number of hydrogen-bond donors (Lipinski definition) is 2. The summed E-state index contributed by atoms with van der Waals surface area (Å²) in [7, 11) is 0. The minimum Gasteiger partial charge on any atom is -0.508 e. The van der Waals surface area contributed by atoms with E-state index in [2.05, 4.69) is 0 Å². The van der Waals surface area contributed by atoms with Crippen LogP contribution in [0.25, 0.3) is 0 Å². The van der Waals surface area contributed by atoms with Crippen LogP contribution in [-0.4, -0.2) is 16.2 Å². The first-order valence-electron chi connectivity index (χ1n) is 7.73. The fraction of sp³-hybridized carbons (Fsp3) is 0.588. The van der Waals surface area contributed by atoms with Gasteiger partial charge in [-0.1, -0.05) is 25.3 Å². The summed E-state index contributed by atoms with van der Waals surface area (Å²) >= 11 is 0. The van der Waals surface area contributed by atoms with Gasteiger partial charge in [0.25, 0.3) is 0 Å². The molecule has 1 aromatic carbocycles. The number of aromatic hydroxyl groups is 1. The number of aliphatic carboxylic acids is 1. The fourth-order valence-corrected chi connectivity index (χ4v) is 4.05. The number of benzene rings is 1. The number of fused-ring (bicyclic) bond motifs is 1. The van der Waals surface area contributed by atoms with Gasteiger partial charge in [-0.2, -0.15) is 0 Å². The van der Waals surface area contributed by atoms with E-state index >= 15 is 0 Å². The van der Waals surface area contributed by atoms with Gasteiger partial charge in [-0.15, -0.1) is 0 Å². The van der Waals surface area contributed by atoms with Crippen LogP contribution in [0.2, 0.25) is 0 Å². The van der Waals surface area contributed by atoms with Gasteiger partial charge in [0.1, 0.15) is 5.75 Å². The van der Waals surface area contributed by atoms with E-state index in [1.54, 1.807) is 6.07 Å². The Labute approximate surface area is 119 Å². The summed E-state index contributed by atoms with van der Waals surface area (Å²) in [6.07, 6.45) is 8.56. The van der Waals surface area contributed by atoms with Crippen LogP contribution in [-0.2, 0) is 23.1 Å². The summed E-state index contributed by atoms with van der Waals surface area (Å²) in [4.78, 5) is 12.0. The highest BCUT2D eigenvalue weighted by atomic mass is 16.4. The Morgan fingerprint density at radius 3 is 2.25 bits per heavy atom. The quantitative estimate of drug-likeness (QED) is 0.867. The smallest absolute Gasteiger partial charge is 0.314 e. The predicted molar refractivity (Wildman–Crippen MR) is 77.1 cm³/mol. The first-order valence-corrected chi connectivity index (χ1v) is 7.73. The first-order chi connectivity index (χ1) is 9.65. The Kier molecular flexibility index (Phi) is 3.45. The van der Waals surface area contributed by atoms with E-state index in [4.69, 9.17) is 0 Å². The zero-order chi connectivity index (χ0) is 14.2. The van der Waals surface area contributed by atoms with E-state index in [0.29, 0.717) is 5.75 Å². The summed E-state index contributed by atoms with van der Waals surface area (Å²) in [5, 5.41) is 19.9. The lowest BCUT2D eigenvalue weighted by molar-refractivity contribution is -0.145. The van der Waals surface area contributed by atoms with Crippen LogP contribution in [0, 0.1) is 0 Å². The van der Waals surface area contributed by atoms with Crippen molar-refractivity contribution < 1.29 is 15.0 Å². The molecule has 3 rings (SSSR count). The molecule has 1 saturated carbocycles. The number of carboxylic acid groups (broad SMARTS) is 1. The van der Waals surface area contributed by atoms with E-state index in [9.17, 15) is 15.0 Å². The second kappa shape index (κ2) is 5.12. The Morgan fingerprint density at radius 2 is 1.60 bits per heavy atom. The zero-order valence-electron chi connectivity index (χ0n) is 11.8. The van der Waals surface area contributed by atoms with Crippen LogP contribution in [0.3, 0.4) is 0 Å². The number of carbonyl (C=O) groups is 1. The van der Waals surface area contributed by atoms with Gasteiger partial charge in [0.05, 0.1) is 5.41 Å². The van der Waals surface area contributed by atoms with Gasteiger partial charge < -0.3 is 10.2 Å². The monoisotopic (exact) mass is 274 g/mol. The van der Waals surface area contributed by atoms with Crippen molar-refractivity contribution in [3.8, 4) is 5.75 Å². The van der Waals surface area contributed by atoms with Gasteiger partial charge in [0.2, 0.25) is 0 Å². The average molecular weight is 274 g/mol. The molecule has 20 heavy (non-hydrogen) atoms. The number of hydrogen-bond acceptors (Lipinski definition) is 2. The Hall–Kier alpha value is -1.51. The molecule has 0 saturated heterocycles. The van der Waals surface area contributed by atoms with Gasteiger partial charge in [0, 0.05) is 0 Å². The van der Waals surface area contributed by atoms with Gasteiger partial charge in [-0.25, -0.2) is 0 Å². The van der Waals surface area contributed by atoms with Gasteiger partial charge in [-0.3, -0.25) is 4.79 Å². The molecule has 1 aromatic rings. The minimum absolute atomic E-state index is 0.347. The van der Waals surface area contributed by atoms with Crippen molar-refractivity contribution in [1.82, 2.24) is 0 Å². The van der Waals surface area contributed by atoms with E-state index < -0.39 is 11.4 Å². The van der Waals surface area contributed by atoms with Crippen LogP contribution in [0.4, 0.5) is 0 Å². The summed E-state index contributed by atoms with van der Waals surface area (Å²) in [6, 6.07) is 3.58. The molecule has 0 aliphatic heterocycles. The third-order valence-electron chi connectivity index (χ3n) is 5.14. The Morgan fingerprint density at radius 1 is 0.950 bits per heavy atom. The summed E-state index contributed by atoms with van der Waals surface area (Å²) in [5.74, 6) is -0.338. The largest absolute Gasteiger partial charge is 0.508 e. The summed E-state index contributed by atoms with van der Waals surface area (Å²) < 4.78 is 0. The number of phenolic OH excluding ortho intramolecular Hbond substituents is 1. The lowest BCUT2D eigenvalue weighted by atomic mass is 9.66. The molecular formula is C17H22O3. The van der Waals surface area contributed by atoms with Crippen LogP contribution >= 0.6 is 0 Å². The second-order valence-electron chi connectivity index (χ2n) is 6.24. The van der Waals surface area contributed by atoms with E-state index in [1.807, 2.05) is 6.07 Å². The van der Waals surface area contributed by atoms with E-state index in [-0.39, 0.29) is 0 Å². The third-order valence-corrected chi connectivity index (χ3v) is 5.14. The van der Waals surface area contributed by atoms with Gasteiger partial charge in [0.15, 0.2) is 0 Å². The highest BCUT2D eigenvalue weighted by Crippen LogP contribution is 2.44. The molecule has 3 heteroatoms. The molecule has 0 atom stereocenters. The van der Waals surface area contributed by atoms with Crippen LogP contribution in [0.1, 0.15) is 61.6 Å². The van der Waals surface area contributed by atoms with Gasteiger partial charge in [-0.05, 0) is 61.3 Å². The van der Waals surface area contributed by atoms with Crippen LogP contribution in [0.5, 0.6) is 5.75 Å². The highest BCUT2D eigenvalue weighted by Gasteiger charge is 2.43. The van der Waals surface area contributed by atoms with Crippen molar-refractivity contribution in [3.63, 3.8) is 0 Å². The topological polar surface area (TPSA) is 57.5 Å². The van der Waals surface area contributed by atoms with E-state index in [1.165, 1.54) is 0 Å². The van der Waals surface area contributed by atoms with Crippen molar-refractivity contribution >= 4 is 5.97 Å². The standard InChI is InChI=1S/C17H22O3/c18-15-9-8-14(12-6-2-3-7-13(12)15)17(16(19)20)10-4-1-5-11-17/h8-9,18H,1-7,10-11H2,(H,19,20). The molecule has 2 aliphatic rings. The van der Waals surface area contributed by atoms with Crippen molar-refractivity contribution in [1.29, 1.82) is 0 Å². The Balaban J connectivity index is 2.14. The molecular weight excluding hydrogens is 252 g/mol. The first kappa shape index (κ1) is 13.5. The maximum absolute atomic E-state index is 12.0. The molecule has 2 N–H and O–H groups in total. The molecule has 2 aliphatic carbocycles.